The number of aromatic nitrogens is 1. The first-order chi connectivity index (χ1) is 9.79. The van der Waals surface area contributed by atoms with Gasteiger partial charge in [0.2, 0.25) is 0 Å². The molecule has 0 saturated carbocycles. The molecule has 0 spiro atoms. The Morgan fingerprint density at radius 2 is 1.95 bits per heavy atom. The molecule has 1 N–H and O–H groups in total. The number of aromatic carboxylic acids is 1. The molecule has 2 aromatic rings. The molecule has 0 fully saturated rings. The Morgan fingerprint density at radius 3 is 2.48 bits per heavy atom. The molecule has 0 aliphatic rings. The number of hydrogen-bond donors (Lipinski definition) is 1. The first-order valence-electron chi connectivity index (χ1n) is 5.52. The summed E-state index contributed by atoms with van der Waals surface area (Å²) in [6.07, 6.45) is -3.72. The highest BCUT2D eigenvalue weighted by Crippen LogP contribution is 2.34. The first kappa shape index (κ1) is 15.8. The number of pyridine rings is 1. The van der Waals surface area contributed by atoms with Gasteiger partial charge in [0.1, 0.15) is 5.03 Å². The van der Waals surface area contributed by atoms with Crippen LogP contribution < -0.4 is 0 Å². The summed E-state index contributed by atoms with van der Waals surface area (Å²) in [6, 6.07) is 6.91. The van der Waals surface area contributed by atoms with E-state index >= 15 is 0 Å². The number of hydrogen-bond acceptors (Lipinski definition) is 3. The second kappa shape index (κ2) is 6.07. The molecule has 1 aromatic carbocycles. The molecule has 0 amide bonds. The van der Waals surface area contributed by atoms with Gasteiger partial charge in [0, 0.05) is 15.6 Å². The smallest absolute Gasteiger partial charge is 0.417 e. The molecular weight excluding hydrogens is 371 g/mol. The zero-order valence-corrected chi connectivity index (χ0v) is 12.6. The van der Waals surface area contributed by atoms with E-state index in [0.717, 1.165) is 24.0 Å². The Kier molecular flexibility index (Phi) is 4.58. The third kappa shape index (κ3) is 3.76. The van der Waals surface area contributed by atoms with Crippen LogP contribution in [0.25, 0.3) is 0 Å². The summed E-state index contributed by atoms with van der Waals surface area (Å²) in [5, 5.41) is 9.44. The molecule has 1 aromatic heterocycles. The van der Waals surface area contributed by atoms with Crippen molar-refractivity contribution in [3.63, 3.8) is 0 Å². The number of carbonyl (C=O) groups is 1. The largest absolute Gasteiger partial charge is 0.478 e. The van der Waals surface area contributed by atoms with Crippen molar-refractivity contribution >= 4 is 33.7 Å². The van der Waals surface area contributed by atoms with E-state index < -0.39 is 17.7 Å². The van der Waals surface area contributed by atoms with Crippen LogP contribution in [0.2, 0.25) is 0 Å². The van der Waals surface area contributed by atoms with Gasteiger partial charge in [-0.05, 0) is 40.2 Å². The van der Waals surface area contributed by atoms with Gasteiger partial charge in [-0.25, -0.2) is 9.78 Å². The van der Waals surface area contributed by atoms with Crippen molar-refractivity contribution in [2.75, 3.05) is 0 Å². The van der Waals surface area contributed by atoms with Gasteiger partial charge in [-0.1, -0.05) is 17.8 Å². The van der Waals surface area contributed by atoms with Crippen molar-refractivity contribution < 1.29 is 23.1 Å². The van der Waals surface area contributed by atoms with Crippen LogP contribution in [0.3, 0.4) is 0 Å². The number of alkyl halides is 3. The van der Waals surface area contributed by atoms with Crippen LogP contribution in [0.1, 0.15) is 15.9 Å². The van der Waals surface area contributed by atoms with E-state index in [1.807, 2.05) is 0 Å². The summed E-state index contributed by atoms with van der Waals surface area (Å²) in [5.74, 6) is -1.13. The van der Waals surface area contributed by atoms with Crippen molar-refractivity contribution in [1.82, 2.24) is 4.98 Å². The summed E-state index contributed by atoms with van der Waals surface area (Å²) >= 11 is 4.12. The zero-order valence-electron chi connectivity index (χ0n) is 10.2. The maximum Gasteiger partial charge on any atom is 0.417 e. The third-order valence-electron chi connectivity index (χ3n) is 2.47. The van der Waals surface area contributed by atoms with E-state index in [2.05, 4.69) is 20.9 Å². The second-order valence-electron chi connectivity index (χ2n) is 3.90. The molecule has 0 aliphatic carbocycles. The number of rotatable bonds is 3. The van der Waals surface area contributed by atoms with Gasteiger partial charge >= 0.3 is 12.1 Å². The van der Waals surface area contributed by atoms with Crippen LogP contribution in [-0.2, 0) is 6.18 Å². The average Bonchev–Trinajstić information content (AvgIpc) is 2.38. The molecule has 2 rings (SSSR count). The summed E-state index contributed by atoms with van der Waals surface area (Å²) in [4.78, 5) is 15.3. The molecule has 8 heteroatoms. The van der Waals surface area contributed by atoms with Gasteiger partial charge in [-0.2, -0.15) is 13.2 Å². The predicted octanol–water partition coefficient (Wildman–Crippen LogP) is 4.71. The van der Waals surface area contributed by atoms with Crippen molar-refractivity contribution in [1.29, 1.82) is 0 Å². The number of carboxylic acids is 1. The van der Waals surface area contributed by atoms with Crippen LogP contribution in [0.15, 0.2) is 50.9 Å². The lowest BCUT2D eigenvalue weighted by atomic mass is 10.2. The lowest BCUT2D eigenvalue weighted by Crippen LogP contribution is -2.05. The van der Waals surface area contributed by atoms with Crippen LogP contribution in [-0.4, -0.2) is 16.1 Å². The second-order valence-corrected chi connectivity index (χ2v) is 5.82. The Labute approximate surface area is 130 Å². The normalized spacial score (nSPS) is 11.4. The standard InChI is InChI=1S/C13H7BrF3NO2S/c14-8-2-1-3-9(11(8)12(19)20)21-10-5-4-7(6-18-10)13(15,16)17/h1-6H,(H,19,20). The van der Waals surface area contributed by atoms with Crippen molar-refractivity contribution in [3.05, 3.63) is 52.1 Å². The highest BCUT2D eigenvalue weighted by molar-refractivity contribution is 9.10. The number of halogens is 4. The van der Waals surface area contributed by atoms with Crippen LogP contribution >= 0.6 is 27.7 Å². The van der Waals surface area contributed by atoms with Crippen LogP contribution in [0.5, 0.6) is 0 Å². The molecule has 21 heavy (non-hydrogen) atoms. The number of benzene rings is 1. The lowest BCUT2D eigenvalue weighted by Gasteiger charge is -2.09. The van der Waals surface area contributed by atoms with Crippen molar-refractivity contribution in [2.45, 2.75) is 16.1 Å². The number of nitrogens with zero attached hydrogens (tertiary/aromatic N) is 1. The monoisotopic (exact) mass is 377 g/mol. The Balaban J connectivity index is 2.31. The van der Waals surface area contributed by atoms with E-state index in [9.17, 15) is 18.0 Å². The highest BCUT2D eigenvalue weighted by atomic mass is 79.9. The topological polar surface area (TPSA) is 50.2 Å². The van der Waals surface area contributed by atoms with Crippen LogP contribution in [0, 0.1) is 0 Å². The van der Waals surface area contributed by atoms with Gasteiger partial charge in [0.05, 0.1) is 11.1 Å². The van der Waals surface area contributed by atoms with Crippen molar-refractivity contribution in [3.8, 4) is 0 Å². The quantitative estimate of drug-likeness (QED) is 0.841. The van der Waals surface area contributed by atoms with E-state index in [1.54, 1.807) is 18.2 Å². The lowest BCUT2D eigenvalue weighted by molar-refractivity contribution is -0.137. The predicted molar refractivity (Wildman–Crippen MR) is 74.5 cm³/mol. The summed E-state index contributed by atoms with van der Waals surface area (Å²) in [5.41, 5.74) is -0.802. The summed E-state index contributed by atoms with van der Waals surface area (Å²) < 4.78 is 37.7. The van der Waals surface area contributed by atoms with Crippen LogP contribution in [0.4, 0.5) is 13.2 Å². The minimum Gasteiger partial charge on any atom is -0.478 e. The van der Waals surface area contributed by atoms with Gasteiger partial charge in [-0.3, -0.25) is 0 Å². The first-order valence-corrected chi connectivity index (χ1v) is 7.13. The third-order valence-corrected chi connectivity index (χ3v) is 4.14. The van der Waals surface area contributed by atoms with E-state index in [4.69, 9.17) is 5.11 Å². The fourth-order valence-electron chi connectivity index (χ4n) is 1.52. The minimum absolute atomic E-state index is 0.0456. The molecule has 0 radical (unpaired) electrons. The average molecular weight is 378 g/mol. The maximum atomic E-state index is 12.4. The summed E-state index contributed by atoms with van der Waals surface area (Å²) in [6.45, 7) is 0. The SMILES string of the molecule is O=C(O)c1c(Br)cccc1Sc1ccc(C(F)(F)F)cn1. The van der Waals surface area contributed by atoms with Gasteiger partial charge in [0.15, 0.2) is 0 Å². The van der Waals surface area contributed by atoms with Crippen molar-refractivity contribution in [2.24, 2.45) is 0 Å². The van der Waals surface area contributed by atoms with E-state index in [1.165, 1.54) is 6.07 Å². The van der Waals surface area contributed by atoms with Gasteiger partial charge in [-0.15, -0.1) is 0 Å². The molecule has 110 valence electrons. The maximum absolute atomic E-state index is 12.4. The summed E-state index contributed by atoms with van der Waals surface area (Å²) in [7, 11) is 0. The molecular formula is C13H7BrF3NO2S. The fraction of sp³-hybridized carbons (Fsp3) is 0.0769. The fourth-order valence-corrected chi connectivity index (χ4v) is 3.10. The van der Waals surface area contributed by atoms with Gasteiger partial charge < -0.3 is 5.11 Å². The molecule has 1 heterocycles. The Hall–Kier alpha value is -1.54. The molecule has 0 aliphatic heterocycles. The van der Waals surface area contributed by atoms with E-state index in [0.29, 0.717) is 9.37 Å². The van der Waals surface area contributed by atoms with Gasteiger partial charge in [0.25, 0.3) is 0 Å². The zero-order chi connectivity index (χ0) is 15.6. The molecule has 0 bridgehead atoms. The minimum atomic E-state index is -4.45. The molecule has 3 nitrogen and oxygen atoms in total. The molecule has 0 unspecified atom stereocenters. The molecule has 0 atom stereocenters. The number of carboxylic acid groups (broad SMARTS) is 1. The Morgan fingerprint density at radius 1 is 1.24 bits per heavy atom. The van der Waals surface area contributed by atoms with E-state index in [-0.39, 0.29) is 10.6 Å². The highest BCUT2D eigenvalue weighted by Gasteiger charge is 2.30. The Bertz CT molecular complexity index is 674. The molecule has 0 saturated heterocycles.